The van der Waals surface area contributed by atoms with Crippen molar-refractivity contribution in [2.45, 2.75) is 49.9 Å². The van der Waals surface area contributed by atoms with Crippen LogP contribution in [0.4, 0.5) is 22.7 Å². The molecule has 4 atom stereocenters. The third-order valence-corrected chi connectivity index (χ3v) is 11.7. The molecule has 12 heteroatoms. The summed E-state index contributed by atoms with van der Waals surface area (Å²) in [7, 11) is 13.3. The lowest BCUT2D eigenvalue weighted by molar-refractivity contribution is 0.335. The first-order chi connectivity index (χ1) is 24.8. The van der Waals surface area contributed by atoms with Gasteiger partial charge in [0.15, 0.2) is 0 Å². The highest BCUT2D eigenvalue weighted by Gasteiger charge is 2.62. The van der Waals surface area contributed by atoms with Crippen molar-refractivity contribution in [1.82, 2.24) is 0 Å². The van der Waals surface area contributed by atoms with Crippen molar-refractivity contribution in [1.29, 1.82) is 0 Å². The summed E-state index contributed by atoms with van der Waals surface area (Å²) < 4.78 is 44.5. The van der Waals surface area contributed by atoms with E-state index in [1.807, 2.05) is 48.5 Å². The second kappa shape index (κ2) is 12.0. The van der Waals surface area contributed by atoms with Crippen LogP contribution in [0.5, 0.6) is 46.0 Å². The molecule has 0 aromatic heterocycles. The smallest absolute Gasteiger partial charge is 0.130 e. The Morgan fingerprint density at radius 2 is 0.500 bits per heavy atom. The molecule has 4 aromatic carbocycles. The maximum Gasteiger partial charge on any atom is 0.130 e. The Morgan fingerprint density at radius 3 is 0.654 bits per heavy atom. The molecule has 0 radical (unpaired) electrons. The lowest BCUT2D eigenvalue weighted by atomic mass is 9.76. The van der Waals surface area contributed by atoms with Gasteiger partial charge in [0.05, 0.1) is 79.0 Å². The molecule has 4 aliphatic rings. The molecular weight excluding hydrogens is 664 g/mol. The third-order valence-electron chi connectivity index (χ3n) is 11.7. The zero-order valence-corrected chi connectivity index (χ0v) is 31.9. The van der Waals surface area contributed by atoms with Crippen molar-refractivity contribution in [3.8, 4) is 46.0 Å². The molecule has 12 nitrogen and oxygen atoms in total. The molecule has 8 rings (SSSR count). The van der Waals surface area contributed by atoms with Crippen LogP contribution in [0.1, 0.15) is 49.9 Å². The molecule has 0 fully saturated rings. The van der Waals surface area contributed by atoms with Crippen LogP contribution in [0.25, 0.3) is 0 Å². The molecule has 276 valence electrons. The predicted molar refractivity (Wildman–Crippen MR) is 202 cm³/mol. The second-order valence-electron chi connectivity index (χ2n) is 14.0. The summed E-state index contributed by atoms with van der Waals surface area (Å²) in [6, 6.07) is 15.7. The van der Waals surface area contributed by atoms with Crippen LogP contribution >= 0.6 is 0 Å². The number of hydrogen-bond acceptors (Lipinski definition) is 12. The molecule has 0 aliphatic carbocycles. The number of anilines is 4. The monoisotopic (exact) mass is 712 g/mol. The van der Waals surface area contributed by atoms with Gasteiger partial charge in [-0.05, 0) is 27.7 Å². The van der Waals surface area contributed by atoms with E-state index in [4.69, 9.17) is 37.9 Å². The van der Waals surface area contributed by atoms with Crippen molar-refractivity contribution in [3.63, 3.8) is 0 Å². The van der Waals surface area contributed by atoms with Gasteiger partial charge >= 0.3 is 0 Å². The summed E-state index contributed by atoms with van der Waals surface area (Å²) in [4.78, 5) is 0. The normalized spacial score (nSPS) is 24.7. The molecule has 4 aliphatic heterocycles. The number of nitrogens with one attached hydrogen (secondary N) is 4. The van der Waals surface area contributed by atoms with Crippen molar-refractivity contribution in [3.05, 3.63) is 70.8 Å². The van der Waals surface area contributed by atoms with Gasteiger partial charge in [0, 0.05) is 93.5 Å². The Bertz CT molecular complexity index is 1800. The molecule has 0 amide bonds. The average Bonchev–Trinajstić information content (AvgIpc) is 3.70. The fourth-order valence-electron chi connectivity index (χ4n) is 8.76. The Morgan fingerprint density at radius 1 is 0.308 bits per heavy atom. The highest BCUT2D eigenvalue weighted by Crippen LogP contribution is 2.65. The van der Waals surface area contributed by atoms with Gasteiger partial charge < -0.3 is 59.2 Å². The SMILES string of the molecule is COc1cc2c(c(OC)c1)[C@@]1(C)Nc3cc(OC)cc(OC)c3[C@@]1(C)N2.COc1cc2c(c(OC)c1)[C@@]1(C)Nc3cc(OC)cc(OC)c3[C@@]1(C)N2. The number of rotatable bonds is 8. The van der Waals surface area contributed by atoms with Crippen LogP contribution < -0.4 is 59.2 Å². The zero-order valence-electron chi connectivity index (χ0n) is 31.9. The minimum absolute atomic E-state index is 0.429. The first-order valence-electron chi connectivity index (χ1n) is 17.0. The summed E-state index contributed by atoms with van der Waals surface area (Å²) >= 11 is 0. The topological polar surface area (TPSA) is 122 Å². The largest absolute Gasteiger partial charge is 0.497 e. The third kappa shape index (κ3) is 4.51. The van der Waals surface area contributed by atoms with Crippen LogP contribution in [0, 0.1) is 0 Å². The molecule has 52 heavy (non-hydrogen) atoms. The Labute approximate surface area is 305 Å². The Hall–Kier alpha value is -5.52. The van der Waals surface area contributed by atoms with Crippen LogP contribution in [0.15, 0.2) is 48.5 Å². The predicted octanol–water partition coefficient (Wildman–Crippen LogP) is 7.41. The van der Waals surface area contributed by atoms with E-state index in [1.54, 1.807) is 56.9 Å². The maximum atomic E-state index is 5.70. The lowest BCUT2D eigenvalue weighted by Crippen LogP contribution is -2.45. The molecule has 4 heterocycles. The van der Waals surface area contributed by atoms with Gasteiger partial charge in [-0.1, -0.05) is 0 Å². The van der Waals surface area contributed by atoms with Crippen LogP contribution in [0.2, 0.25) is 0 Å². The van der Waals surface area contributed by atoms with E-state index in [9.17, 15) is 0 Å². The van der Waals surface area contributed by atoms with Crippen LogP contribution in [0.3, 0.4) is 0 Å². The van der Waals surface area contributed by atoms with Crippen LogP contribution in [-0.4, -0.2) is 56.9 Å². The van der Waals surface area contributed by atoms with E-state index in [1.165, 1.54) is 0 Å². The number of hydrogen-bond donors (Lipinski definition) is 4. The van der Waals surface area contributed by atoms with Gasteiger partial charge in [-0.3, -0.25) is 0 Å². The van der Waals surface area contributed by atoms with Gasteiger partial charge in [-0.2, -0.15) is 0 Å². The average molecular weight is 713 g/mol. The van der Waals surface area contributed by atoms with Crippen molar-refractivity contribution >= 4 is 22.7 Å². The molecular formula is C40H48N4O8. The molecule has 0 bridgehead atoms. The molecule has 0 saturated heterocycles. The summed E-state index contributed by atoms with van der Waals surface area (Å²) in [6.45, 7) is 8.69. The minimum atomic E-state index is -0.429. The summed E-state index contributed by atoms with van der Waals surface area (Å²) in [5.74, 6) is 6.14. The van der Waals surface area contributed by atoms with Crippen LogP contribution in [-0.2, 0) is 22.2 Å². The quantitative estimate of drug-likeness (QED) is 0.146. The van der Waals surface area contributed by atoms with E-state index < -0.39 is 22.2 Å². The Balaban J connectivity index is 0.000000162. The van der Waals surface area contributed by atoms with E-state index in [-0.39, 0.29) is 0 Å². The van der Waals surface area contributed by atoms with E-state index in [0.717, 1.165) is 91.0 Å². The first kappa shape index (κ1) is 34.9. The fraction of sp³-hybridized carbons (Fsp3) is 0.400. The number of methoxy groups -OCH3 is 8. The summed E-state index contributed by atoms with van der Waals surface area (Å²) in [5.41, 5.74) is 6.52. The molecule has 4 aromatic rings. The molecule has 0 spiro atoms. The Kier molecular flexibility index (Phi) is 8.08. The standard InChI is InChI=1S/2C20H24N2O4/c2*1-19-17-13(7-11(23-3)9-15(17)25-5)22-20(19,2)18-14(21-19)8-12(24-4)10-16(18)26-6/h2*7-10,21-22H,1-6H3/t2*19-,20-/m11/s1. The van der Waals surface area contributed by atoms with Gasteiger partial charge in [-0.15, -0.1) is 0 Å². The number of ether oxygens (including phenoxy) is 8. The highest BCUT2D eigenvalue weighted by molar-refractivity contribution is 5.84. The number of benzene rings is 4. The molecule has 0 unspecified atom stereocenters. The van der Waals surface area contributed by atoms with Gasteiger partial charge in [0.1, 0.15) is 46.0 Å². The second-order valence-corrected chi connectivity index (χ2v) is 14.0. The van der Waals surface area contributed by atoms with Crippen molar-refractivity contribution in [2.75, 3.05) is 78.1 Å². The van der Waals surface area contributed by atoms with E-state index in [2.05, 4.69) is 49.0 Å². The highest BCUT2D eigenvalue weighted by atomic mass is 16.5. The number of fused-ring (bicyclic) bond motifs is 10. The molecule has 4 N–H and O–H groups in total. The summed E-state index contributed by atoms with van der Waals surface area (Å²) in [6.07, 6.45) is 0. The summed E-state index contributed by atoms with van der Waals surface area (Å²) in [5, 5.41) is 14.8. The van der Waals surface area contributed by atoms with Gasteiger partial charge in [0.25, 0.3) is 0 Å². The zero-order chi connectivity index (χ0) is 37.4. The van der Waals surface area contributed by atoms with Crippen molar-refractivity contribution in [2.24, 2.45) is 0 Å². The molecule has 0 saturated carbocycles. The maximum absolute atomic E-state index is 5.70. The van der Waals surface area contributed by atoms with Gasteiger partial charge in [-0.25, -0.2) is 0 Å². The van der Waals surface area contributed by atoms with Crippen molar-refractivity contribution < 1.29 is 37.9 Å². The first-order valence-corrected chi connectivity index (χ1v) is 17.0. The fourth-order valence-corrected chi connectivity index (χ4v) is 8.76. The lowest BCUT2D eigenvalue weighted by Gasteiger charge is -2.36. The van der Waals surface area contributed by atoms with Gasteiger partial charge in [0.2, 0.25) is 0 Å². The van der Waals surface area contributed by atoms with E-state index >= 15 is 0 Å². The minimum Gasteiger partial charge on any atom is -0.497 e. The van der Waals surface area contributed by atoms with E-state index in [0.29, 0.717) is 0 Å².